The summed E-state index contributed by atoms with van der Waals surface area (Å²) in [7, 11) is 0. The molecular formula is C15H8Cl2O3. The van der Waals surface area contributed by atoms with Gasteiger partial charge in [0.15, 0.2) is 5.75 Å². The van der Waals surface area contributed by atoms with Crippen molar-refractivity contribution in [1.29, 1.82) is 0 Å². The van der Waals surface area contributed by atoms with Crippen LogP contribution in [0.2, 0.25) is 10.0 Å². The van der Waals surface area contributed by atoms with Gasteiger partial charge < -0.3 is 9.52 Å². The van der Waals surface area contributed by atoms with E-state index in [-0.39, 0.29) is 11.5 Å². The van der Waals surface area contributed by atoms with Gasteiger partial charge in [-0.3, -0.25) is 4.79 Å². The van der Waals surface area contributed by atoms with E-state index in [0.717, 1.165) is 0 Å². The number of benzene rings is 2. The predicted molar refractivity (Wildman–Crippen MR) is 77.8 cm³/mol. The molecule has 0 fully saturated rings. The Labute approximate surface area is 124 Å². The molecule has 5 heteroatoms. The van der Waals surface area contributed by atoms with E-state index in [1.54, 1.807) is 42.5 Å². The van der Waals surface area contributed by atoms with Crippen LogP contribution >= 0.6 is 23.2 Å². The topological polar surface area (TPSA) is 50.4 Å². The summed E-state index contributed by atoms with van der Waals surface area (Å²) in [5.74, 6) is -0.724. The van der Waals surface area contributed by atoms with Crippen molar-refractivity contribution in [3.05, 3.63) is 63.8 Å². The van der Waals surface area contributed by atoms with Crippen LogP contribution in [0.15, 0.2) is 46.9 Å². The quantitative estimate of drug-likeness (QED) is 0.700. The fourth-order valence-electron chi connectivity index (χ4n) is 1.94. The zero-order valence-electron chi connectivity index (χ0n) is 10.1. The molecule has 0 atom stereocenters. The third-order valence-electron chi connectivity index (χ3n) is 2.94. The molecule has 0 radical (unpaired) electrons. The highest BCUT2D eigenvalue weighted by atomic mass is 35.5. The normalized spacial score (nSPS) is 10.9. The van der Waals surface area contributed by atoms with Crippen LogP contribution in [0.5, 0.6) is 5.75 Å². The molecule has 3 aromatic rings. The van der Waals surface area contributed by atoms with Crippen LogP contribution < -0.4 is 0 Å². The van der Waals surface area contributed by atoms with Crippen molar-refractivity contribution < 1.29 is 14.3 Å². The van der Waals surface area contributed by atoms with Gasteiger partial charge in [0, 0.05) is 15.6 Å². The third kappa shape index (κ3) is 2.15. The van der Waals surface area contributed by atoms with Crippen molar-refractivity contribution >= 4 is 40.0 Å². The van der Waals surface area contributed by atoms with Gasteiger partial charge in [-0.25, -0.2) is 0 Å². The average Bonchev–Trinajstić information content (AvgIpc) is 2.76. The maximum Gasteiger partial charge on any atom is 0.232 e. The molecule has 0 aliphatic rings. The van der Waals surface area contributed by atoms with E-state index in [2.05, 4.69) is 0 Å². The number of furan rings is 1. The Balaban J connectivity index is 2.12. The zero-order valence-corrected chi connectivity index (χ0v) is 11.6. The molecule has 0 aliphatic heterocycles. The summed E-state index contributed by atoms with van der Waals surface area (Å²) in [5.41, 5.74) is 0.791. The van der Waals surface area contributed by atoms with E-state index >= 15 is 0 Å². The molecule has 0 unspecified atom stereocenters. The molecule has 0 saturated carbocycles. The van der Waals surface area contributed by atoms with Gasteiger partial charge in [0.05, 0.1) is 5.39 Å². The Bertz CT molecular complexity index is 804. The van der Waals surface area contributed by atoms with Crippen molar-refractivity contribution in [1.82, 2.24) is 0 Å². The summed E-state index contributed by atoms with van der Waals surface area (Å²) in [6.07, 6.45) is 0. The van der Waals surface area contributed by atoms with Gasteiger partial charge in [0.25, 0.3) is 0 Å². The highest BCUT2D eigenvalue weighted by molar-refractivity contribution is 6.31. The number of rotatable bonds is 2. The summed E-state index contributed by atoms with van der Waals surface area (Å²) in [6, 6.07) is 11.1. The molecule has 1 aromatic heterocycles. The van der Waals surface area contributed by atoms with Crippen molar-refractivity contribution in [2.75, 3.05) is 0 Å². The van der Waals surface area contributed by atoms with E-state index in [1.807, 2.05) is 0 Å². The second-order valence-electron chi connectivity index (χ2n) is 4.26. The molecule has 0 spiro atoms. The number of halogens is 2. The first kappa shape index (κ1) is 13.0. The fraction of sp³-hybridized carbons (Fsp3) is 0. The molecule has 0 aliphatic carbocycles. The number of aromatic hydroxyl groups is 1. The molecule has 1 heterocycles. The lowest BCUT2D eigenvalue weighted by Gasteiger charge is -1.98. The van der Waals surface area contributed by atoms with Crippen LogP contribution in [0.3, 0.4) is 0 Å². The van der Waals surface area contributed by atoms with Crippen molar-refractivity contribution in [2.24, 2.45) is 0 Å². The standard InChI is InChI=1S/C15H8Cl2O3/c16-9-3-1-8(2-4-9)13(18)15-14(19)11-7-10(17)5-6-12(11)20-15/h1-7,19H. The van der Waals surface area contributed by atoms with Gasteiger partial charge in [-0.05, 0) is 42.5 Å². The first-order chi connectivity index (χ1) is 9.56. The summed E-state index contributed by atoms with van der Waals surface area (Å²) < 4.78 is 5.41. The number of carbonyl (C=O) groups excluding carboxylic acids is 1. The van der Waals surface area contributed by atoms with E-state index in [0.29, 0.717) is 26.6 Å². The van der Waals surface area contributed by atoms with Crippen molar-refractivity contribution in [3.63, 3.8) is 0 Å². The molecule has 100 valence electrons. The molecule has 20 heavy (non-hydrogen) atoms. The lowest BCUT2D eigenvalue weighted by atomic mass is 10.1. The van der Waals surface area contributed by atoms with E-state index in [4.69, 9.17) is 27.6 Å². The van der Waals surface area contributed by atoms with E-state index in [1.165, 1.54) is 0 Å². The zero-order chi connectivity index (χ0) is 14.3. The van der Waals surface area contributed by atoms with Gasteiger partial charge in [0.2, 0.25) is 11.5 Å². The minimum Gasteiger partial charge on any atom is -0.504 e. The van der Waals surface area contributed by atoms with Crippen molar-refractivity contribution in [2.45, 2.75) is 0 Å². The van der Waals surface area contributed by atoms with E-state index in [9.17, 15) is 9.90 Å². The molecule has 0 bridgehead atoms. The second-order valence-corrected chi connectivity index (χ2v) is 5.13. The van der Waals surface area contributed by atoms with Gasteiger partial charge in [-0.15, -0.1) is 0 Å². The van der Waals surface area contributed by atoms with Crippen LogP contribution in [0.4, 0.5) is 0 Å². The van der Waals surface area contributed by atoms with Crippen LogP contribution in [-0.4, -0.2) is 10.9 Å². The minimum absolute atomic E-state index is 0.107. The fourth-order valence-corrected chi connectivity index (χ4v) is 2.24. The van der Waals surface area contributed by atoms with Crippen LogP contribution in [0, 0.1) is 0 Å². The Morgan fingerprint density at radius 3 is 2.35 bits per heavy atom. The molecular weight excluding hydrogens is 299 g/mol. The highest BCUT2D eigenvalue weighted by Gasteiger charge is 2.21. The van der Waals surface area contributed by atoms with E-state index < -0.39 is 5.78 Å². The number of hydrogen-bond acceptors (Lipinski definition) is 3. The molecule has 1 N–H and O–H groups in total. The Kier molecular flexibility index (Phi) is 3.16. The Morgan fingerprint density at radius 1 is 1.00 bits per heavy atom. The highest BCUT2D eigenvalue weighted by Crippen LogP contribution is 2.35. The number of carbonyl (C=O) groups is 1. The molecule has 0 amide bonds. The average molecular weight is 307 g/mol. The smallest absolute Gasteiger partial charge is 0.232 e. The number of fused-ring (bicyclic) bond motifs is 1. The lowest BCUT2D eigenvalue weighted by molar-refractivity contribution is 0.101. The summed E-state index contributed by atoms with van der Waals surface area (Å²) in [6.45, 7) is 0. The maximum absolute atomic E-state index is 12.3. The predicted octanol–water partition coefficient (Wildman–Crippen LogP) is 4.68. The summed E-state index contributed by atoms with van der Waals surface area (Å²) >= 11 is 11.6. The third-order valence-corrected chi connectivity index (χ3v) is 3.42. The number of ketones is 1. The van der Waals surface area contributed by atoms with Gasteiger partial charge >= 0.3 is 0 Å². The van der Waals surface area contributed by atoms with Crippen molar-refractivity contribution in [3.8, 4) is 5.75 Å². The Hall–Kier alpha value is -1.97. The molecule has 0 saturated heterocycles. The summed E-state index contributed by atoms with van der Waals surface area (Å²) in [5, 5.41) is 11.5. The Morgan fingerprint density at radius 2 is 1.65 bits per heavy atom. The molecule has 3 rings (SSSR count). The number of hydrogen-bond donors (Lipinski definition) is 1. The minimum atomic E-state index is -0.411. The second kappa shape index (κ2) is 4.85. The monoisotopic (exact) mass is 306 g/mol. The molecule has 3 nitrogen and oxygen atoms in total. The largest absolute Gasteiger partial charge is 0.504 e. The van der Waals surface area contributed by atoms with Gasteiger partial charge in [-0.1, -0.05) is 23.2 Å². The maximum atomic E-state index is 12.3. The van der Waals surface area contributed by atoms with Crippen LogP contribution in [0.1, 0.15) is 16.1 Å². The molecule has 2 aromatic carbocycles. The lowest BCUT2D eigenvalue weighted by Crippen LogP contribution is -1.99. The van der Waals surface area contributed by atoms with Gasteiger partial charge in [-0.2, -0.15) is 0 Å². The summed E-state index contributed by atoms with van der Waals surface area (Å²) in [4.78, 5) is 12.3. The SMILES string of the molecule is O=C(c1ccc(Cl)cc1)c1oc2ccc(Cl)cc2c1O. The first-order valence-corrected chi connectivity index (χ1v) is 6.53. The van der Waals surface area contributed by atoms with Crippen LogP contribution in [0.25, 0.3) is 11.0 Å². The van der Waals surface area contributed by atoms with Gasteiger partial charge in [0.1, 0.15) is 5.58 Å². The first-order valence-electron chi connectivity index (χ1n) is 5.77. The van der Waals surface area contributed by atoms with Crippen LogP contribution in [-0.2, 0) is 0 Å².